The number of anilines is 2. The van der Waals surface area contributed by atoms with Crippen molar-refractivity contribution in [3.63, 3.8) is 0 Å². The molecule has 0 saturated carbocycles. The molecular weight excluding hydrogens is 424 g/mol. The van der Waals surface area contributed by atoms with E-state index in [0.717, 1.165) is 11.3 Å². The molecule has 0 bridgehead atoms. The van der Waals surface area contributed by atoms with Gasteiger partial charge in [0.2, 0.25) is 6.79 Å². The van der Waals surface area contributed by atoms with Gasteiger partial charge in [-0.1, -0.05) is 12.1 Å². The van der Waals surface area contributed by atoms with Gasteiger partial charge in [0.05, 0.1) is 12.2 Å². The average molecular weight is 446 g/mol. The largest absolute Gasteiger partial charge is 0.492 e. The predicted octanol–water partition coefficient (Wildman–Crippen LogP) is 3.78. The fourth-order valence-corrected chi connectivity index (χ4v) is 3.73. The van der Waals surface area contributed by atoms with Crippen LogP contribution in [0.1, 0.15) is 15.9 Å². The monoisotopic (exact) mass is 446 g/mol. The third-order valence-corrected chi connectivity index (χ3v) is 5.37. The summed E-state index contributed by atoms with van der Waals surface area (Å²) in [5.74, 6) is 2.00. The first-order valence-electron chi connectivity index (χ1n) is 10.5. The van der Waals surface area contributed by atoms with E-state index in [1.54, 1.807) is 41.3 Å². The van der Waals surface area contributed by atoms with Gasteiger partial charge in [0, 0.05) is 11.3 Å². The highest BCUT2D eigenvalue weighted by molar-refractivity contribution is 6.05. The van der Waals surface area contributed by atoms with Gasteiger partial charge in [0.15, 0.2) is 18.1 Å². The molecule has 2 aliphatic rings. The Balaban J connectivity index is 1.30. The number of nitrogens with zero attached hydrogens (tertiary/aromatic N) is 1. The van der Waals surface area contributed by atoms with E-state index >= 15 is 0 Å². The zero-order chi connectivity index (χ0) is 22.8. The summed E-state index contributed by atoms with van der Waals surface area (Å²) in [5.41, 5.74) is 2.66. The molecule has 33 heavy (non-hydrogen) atoms. The molecule has 0 atom stereocenters. The van der Waals surface area contributed by atoms with Crippen molar-refractivity contribution < 1.29 is 28.5 Å². The van der Waals surface area contributed by atoms with Crippen LogP contribution in [0.3, 0.4) is 0 Å². The molecule has 1 N–H and O–H groups in total. The summed E-state index contributed by atoms with van der Waals surface area (Å²) in [6, 6.07) is 18.0. The minimum Gasteiger partial charge on any atom is -0.492 e. The number of nitrogens with one attached hydrogen (secondary N) is 1. The van der Waals surface area contributed by atoms with Crippen LogP contribution in [0.4, 0.5) is 11.4 Å². The van der Waals surface area contributed by atoms with Gasteiger partial charge < -0.3 is 29.2 Å². The zero-order valence-electron chi connectivity index (χ0n) is 18.0. The van der Waals surface area contributed by atoms with Crippen molar-refractivity contribution in [2.45, 2.75) is 6.92 Å². The van der Waals surface area contributed by atoms with E-state index in [2.05, 4.69) is 5.32 Å². The van der Waals surface area contributed by atoms with Crippen LogP contribution in [0.25, 0.3) is 0 Å². The van der Waals surface area contributed by atoms with Crippen molar-refractivity contribution in [2.24, 2.45) is 0 Å². The summed E-state index contributed by atoms with van der Waals surface area (Å²) in [5, 5.41) is 2.86. The molecule has 2 amide bonds. The van der Waals surface area contributed by atoms with Crippen LogP contribution >= 0.6 is 0 Å². The van der Waals surface area contributed by atoms with Gasteiger partial charge in [-0.15, -0.1) is 0 Å². The van der Waals surface area contributed by atoms with Crippen LogP contribution < -0.4 is 29.2 Å². The van der Waals surface area contributed by atoms with E-state index in [0.29, 0.717) is 47.3 Å². The lowest BCUT2D eigenvalue weighted by molar-refractivity contribution is -0.121. The second kappa shape index (κ2) is 8.74. The fourth-order valence-electron chi connectivity index (χ4n) is 3.73. The zero-order valence-corrected chi connectivity index (χ0v) is 18.0. The molecule has 3 aromatic rings. The van der Waals surface area contributed by atoms with Crippen molar-refractivity contribution in [1.82, 2.24) is 0 Å². The Labute approximate surface area is 190 Å². The Morgan fingerprint density at radius 3 is 2.73 bits per heavy atom. The van der Waals surface area contributed by atoms with Gasteiger partial charge in [-0.2, -0.15) is 0 Å². The highest BCUT2D eigenvalue weighted by atomic mass is 16.7. The van der Waals surface area contributed by atoms with Gasteiger partial charge in [-0.05, 0) is 61.0 Å². The second-order valence-electron chi connectivity index (χ2n) is 7.70. The van der Waals surface area contributed by atoms with Gasteiger partial charge >= 0.3 is 0 Å². The first-order valence-corrected chi connectivity index (χ1v) is 10.5. The lowest BCUT2D eigenvalue weighted by atomic mass is 10.1. The molecule has 2 aliphatic heterocycles. The maximum Gasteiger partial charge on any atom is 0.265 e. The summed E-state index contributed by atoms with van der Waals surface area (Å²) < 4.78 is 22.0. The number of ether oxygens (including phenoxy) is 4. The molecule has 168 valence electrons. The van der Waals surface area contributed by atoms with Crippen LogP contribution in [0, 0.1) is 6.92 Å². The Morgan fingerprint density at radius 2 is 1.85 bits per heavy atom. The average Bonchev–Trinajstić information content (AvgIpc) is 3.28. The molecule has 0 spiro atoms. The van der Waals surface area contributed by atoms with Crippen LogP contribution in [-0.4, -0.2) is 38.4 Å². The van der Waals surface area contributed by atoms with Crippen molar-refractivity contribution in [3.05, 3.63) is 71.8 Å². The molecule has 3 aromatic carbocycles. The Kier molecular flexibility index (Phi) is 5.48. The summed E-state index contributed by atoms with van der Waals surface area (Å²) >= 11 is 0. The minimum atomic E-state index is -0.300. The quantitative estimate of drug-likeness (QED) is 0.620. The predicted molar refractivity (Wildman–Crippen MR) is 121 cm³/mol. The molecule has 0 aliphatic carbocycles. The standard InChI is InChI=1S/C25H22N2O6/c1-16-3-2-4-19(11-16)30-10-9-27-20-13-18(6-8-21(20)31-14-24(27)28)26-25(29)17-5-7-22-23(12-17)33-15-32-22/h2-8,11-13H,9-10,14-15H2,1H3,(H,26,29). The fraction of sp³-hybridized carbons (Fsp3) is 0.200. The van der Waals surface area contributed by atoms with Crippen LogP contribution in [-0.2, 0) is 4.79 Å². The molecule has 0 aromatic heterocycles. The van der Waals surface area contributed by atoms with Crippen molar-refractivity contribution in [3.8, 4) is 23.0 Å². The highest BCUT2D eigenvalue weighted by Crippen LogP contribution is 2.35. The number of carbonyl (C=O) groups is 2. The molecule has 8 nitrogen and oxygen atoms in total. The van der Waals surface area contributed by atoms with E-state index in [1.807, 2.05) is 31.2 Å². The summed E-state index contributed by atoms with van der Waals surface area (Å²) in [6.45, 7) is 2.77. The highest BCUT2D eigenvalue weighted by Gasteiger charge is 2.26. The smallest absolute Gasteiger partial charge is 0.265 e. The minimum absolute atomic E-state index is 0.0413. The number of hydrogen-bond acceptors (Lipinski definition) is 6. The van der Waals surface area contributed by atoms with Gasteiger partial charge in [0.1, 0.15) is 18.1 Å². The lowest BCUT2D eigenvalue weighted by Gasteiger charge is -2.29. The normalized spacial score (nSPS) is 13.8. The molecule has 5 rings (SSSR count). The third kappa shape index (κ3) is 4.41. The number of benzene rings is 3. The molecule has 8 heteroatoms. The topological polar surface area (TPSA) is 86.3 Å². The summed E-state index contributed by atoms with van der Waals surface area (Å²) in [4.78, 5) is 26.9. The Hall–Kier alpha value is -4.20. The number of aryl methyl sites for hydroxylation is 1. The maximum absolute atomic E-state index is 12.7. The number of amides is 2. The van der Waals surface area contributed by atoms with Crippen LogP contribution in [0.5, 0.6) is 23.0 Å². The van der Waals surface area contributed by atoms with Crippen molar-refractivity contribution in [1.29, 1.82) is 0 Å². The summed E-state index contributed by atoms with van der Waals surface area (Å²) in [6.07, 6.45) is 0. The number of rotatable bonds is 6. The SMILES string of the molecule is Cc1cccc(OCCN2C(=O)COc3ccc(NC(=O)c4ccc5c(c4)OCO5)cc32)c1. The summed E-state index contributed by atoms with van der Waals surface area (Å²) in [7, 11) is 0. The molecule has 0 fully saturated rings. The number of carbonyl (C=O) groups excluding carboxylic acids is 2. The first kappa shape index (κ1) is 20.7. The molecular formula is C25H22N2O6. The first-order chi connectivity index (χ1) is 16.1. The van der Waals surface area contributed by atoms with E-state index < -0.39 is 0 Å². The lowest BCUT2D eigenvalue weighted by Crippen LogP contribution is -2.41. The molecule has 0 unspecified atom stereocenters. The molecule has 2 heterocycles. The molecule has 0 saturated heterocycles. The van der Waals surface area contributed by atoms with Gasteiger partial charge in [-0.3, -0.25) is 9.59 Å². The van der Waals surface area contributed by atoms with Crippen LogP contribution in [0.15, 0.2) is 60.7 Å². The number of hydrogen-bond donors (Lipinski definition) is 1. The van der Waals surface area contributed by atoms with E-state index in [-0.39, 0.29) is 25.2 Å². The van der Waals surface area contributed by atoms with E-state index in [1.165, 1.54) is 0 Å². The third-order valence-electron chi connectivity index (χ3n) is 5.37. The van der Waals surface area contributed by atoms with Crippen molar-refractivity contribution >= 4 is 23.2 Å². The van der Waals surface area contributed by atoms with Gasteiger partial charge in [-0.25, -0.2) is 0 Å². The Morgan fingerprint density at radius 1 is 1.00 bits per heavy atom. The van der Waals surface area contributed by atoms with E-state index in [4.69, 9.17) is 18.9 Å². The maximum atomic E-state index is 12.7. The van der Waals surface area contributed by atoms with Crippen molar-refractivity contribution in [2.75, 3.05) is 36.8 Å². The van der Waals surface area contributed by atoms with E-state index in [9.17, 15) is 9.59 Å². The Bertz CT molecular complexity index is 1230. The second-order valence-corrected chi connectivity index (χ2v) is 7.70. The number of fused-ring (bicyclic) bond motifs is 2. The van der Waals surface area contributed by atoms with Crippen LogP contribution in [0.2, 0.25) is 0 Å². The molecule has 0 radical (unpaired) electrons. The van der Waals surface area contributed by atoms with Gasteiger partial charge in [0.25, 0.3) is 11.8 Å².